The summed E-state index contributed by atoms with van der Waals surface area (Å²) in [6.07, 6.45) is 4.80. The SMILES string of the molecule is Cc1c(N2CCc3cnc(Nc4cccc(CN5CCOCC5)c4)nc3C2)cnc2c1NCCO2. The summed E-state index contributed by atoms with van der Waals surface area (Å²) >= 11 is 0. The molecule has 6 rings (SSSR count). The van der Waals surface area contributed by atoms with Crippen molar-refractivity contribution in [3.8, 4) is 5.88 Å². The average molecular weight is 474 g/mol. The van der Waals surface area contributed by atoms with E-state index in [0.717, 1.165) is 81.7 Å². The van der Waals surface area contributed by atoms with Crippen LogP contribution in [0, 0.1) is 6.92 Å². The quantitative estimate of drug-likeness (QED) is 0.580. The number of aromatic nitrogens is 3. The highest BCUT2D eigenvalue weighted by atomic mass is 16.5. The Morgan fingerprint density at radius 3 is 2.91 bits per heavy atom. The molecule has 0 aliphatic carbocycles. The molecule has 0 atom stereocenters. The van der Waals surface area contributed by atoms with Gasteiger partial charge in [-0.25, -0.2) is 15.0 Å². The third-order valence-electron chi connectivity index (χ3n) is 6.90. The van der Waals surface area contributed by atoms with Crippen molar-refractivity contribution in [1.82, 2.24) is 19.9 Å². The highest BCUT2D eigenvalue weighted by molar-refractivity contribution is 5.70. The smallest absolute Gasteiger partial charge is 0.237 e. The van der Waals surface area contributed by atoms with Gasteiger partial charge in [-0.2, -0.15) is 0 Å². The minimum absolute atomic E-state index is 0.629. The van der Waals surface area contributed by atoms with Crippen molar-refractivity contribution in [2.75, 3.05) is 61.5 Å². The van der Waals surface area contributed by atoms with Crippen LogP contribution in [-0.4, -0.2) is 65.9 Å². The van der Waals surface area contributed by atoms with E-state index in [-0.39, 0.29) is 0 Å². The Balaban J connectivity index is 1.18. The molecule has 3 aromatic rings. The van der Waals surface area contributed by atoms with Gasteiger partial charge in [0.25, 0.3) is 0 Å². The van der Waals surface area contributed by atoms with E-state index in [1.165, 1.54) is 16.7 Å². The maximum atomic E-state index is 5.70. The number of hydrogen-bond acceptors (Lipinski definition) is 9. The van der Waals surface area contributed by atoms with E-state index in [9.17, 15) is 0 Å². The molecule has 5 heterocycles. The van der Waals surface area contributed by atoms with E-state index in [0.29, 0.717) is 18.4 Å². The third kappa shape index (κ3) is 4.74. The average Bonchev–Trinajstić information content (AvgIpc) is 2.89. The van der Waals surface area contributed by atoms with Crippen molar-refractivity contribution >= 4 is 23.0 Å². The van der Waals surface area contributed by atoms with Gasteiger partial charge < -0.3 is 25.0 Å². The fraction of sp³-hybridized carbons (Fsp3) is 0.423. The van der Waals surface area contributed by atoms with E-state index in [1.807, 2.05) is 12.4 Å². The third-order valence-corrected chi connectivity index (χ3v) is 6.90. The maximum Gasteiger partial charge on any atom is 0.237 e. The zero-order valence-electron chi connectivity index (χ0n) is 20.1. The largest absolute Gasteiger partial charge is 0.474 e. The molecule has 1 saturated heterocycles. The van der Waals surface area contributed by atoms with Gasteiger partial charge in [0.2, 0.25) is 11.8 Å². The molecule has 35 heavy (non-hydrogen) atoms. The molecule has 9 heteroatoms. The molecule has 0 radical (unpaired) electrons. The highest BCUT2D eigenvalue weighted by Crippen LogP contribution is 2.36. The number of nitrogens with one attached hydrogen (secondary N) is 2. The molecule has 0 bridgehead atoms. The molecule has 3 aliphatic rings. The van der Waals surface area contributed by atoms with Crippen LogP contribution < -0.4 is 20.3 Å². The lowest BCUT2D eigenvalue weighted by atomic mass is 10.0. The molecule has 2 N–H and O–H groups in total. The Labute approximate surface area is 205 Å². The summed E-state index contributed by atoms with van der Waals surface area (Å²) in [6.45, 7) is 9.72. The Morgan fingerprint density at radius 2 is 2.00 bits per heavy atom. The van der Waals surface area contributed by atoms with Gasteiger partial charge in [-0.15, -0.1) is 0 Å². The number of anilines is 4. The van der Waals surface area contributed by atoms with Crippen LogP contribution in [0.2, 0.25) is 0 Å². The van der Waals surface area contributed by atoms with E-state index in [2.05, 4.69) is 61.6 Å². The number of hydrogen-bond donors (Lipinski definition) is 2. The summed E-state index contributed by atoms with van der Waals surface area (Å²) in [6, 6.07) is 8.50. The van der Waals surface area contributed by atoms with Crippen LogP contribution in [0.15, 0.2) is 36.7 Å². The Morgan fingerprint density at radius 1 is 1.09 bits per heavy atom. The van der Waals surface area contributed by atoms with E-state index >= 15 is 0 Å². The number of nitrogens with zero attached hydrogens (tertiary/aromatic N) is 5. The zero-order valence-corrected chi connectivity index (χ0v) is 20.1. The first-order valence-corrected chi connectivity index (χ1v) is 12.3. The second-order valence-electron chi connectivity index (χ2n) is 9.27. The molecular weight excluding hydrogens is 442 g/mol. The summed E-state index contributed by atoms with van der Waals surface area (Å²) in [7, 11) is 0. The van der Waals surface area contributed by atoms with Crippen molar-refractivity contribution in [1.29, 1.82) is 0 Å². The van der Waals surface area contributed by atoms with Crippen LogP contribution in [0.25, 0.3) is 0 Å². The van der Waals surface area contributed by atoms with Crippen LogP contribution in [0.1, 0.15) is 22.4 Å². The first-order valence-electron chi connectivity index (χ1n) is 12.3. The molecule has 1 fully saturated rings. The number of morpholine rings is 1. The monoisotopic (exact) mass is 473 g/mol. The van der Waals surface area contributed by atoms with Gasteiger partial charge in [-0.3, -0.25) is 4.90 Å². The molecule has 1 aromatic carbocycles. The van der Waals surface area contributed by atoms with E-state index in [4.69, 9.17) is 14.5 Å². The molecule has 0 amide bonds. The van der Waals surface area contributed by atoms with Crippen LogP contribution in [-0.2, 0) is 24.2 Å². The van der Waals surface area contributed by atoms with Crippen molar-refractivity contribution in [2.24, 2.45) is 0 Å². The van der Waals surface area contributed by atoms with Crippen LogP contribution in [0.4, 0.5) is 23.0 Å². The fourth-order valence-electron chi connectivity index (χ4n) is 4.99. The molecule has 0 unspecified atom stereocenters. The van der Waals surface area contributed by atoms with Gasteiger partial charge >= 0.3 is 0 Å². The van der Waals surface area contributed by atoms with Crippen molar-refractivity contribution in [3.05, 3.63) is 59.0 Å². The van der Waals surface area contributed by atoms with Crippen molar-refractivity contribution in [3.63, 3.8) is 0 Å². The van der Waals surface area contributed by atoms with Crippen LogP contribution in [0.5, 0.6) is 5.88 Å². The first-order chi connectivity index (χ1) is 17.2. The van der Waals surface area contributed by atoms with Gasteiger partial charge in [0.1, 0.15) is 12.3 Å². The van der Waals surface area contributed by atoms with E-state index < -0.39 is 0 Å². The van der Waals surface area contributed by atoms with Crippen molar-refractivity contribution < 1.29 is 9.47 Å². The molecule has 3 aliphatic heterocycles. The van der Waals surface area contributed by atoms with Crippen molar-refractivity contribution in [2.45, 2.75) is 26.4 Å². The summed E-state index contributed by atoms with van der Waals surface area (Å²) in [5.74, 6) is 1.32. The lowest BCUT2D eigenvalue weighted by molar-refractivity contribution is 0.0342. The Kier molecular flexibility index (Phi) is 6.10. The standard InChI is InChI=1S/C26H31N7O2/c1-18-23(15-28-25-24(18)27-6-10-35-25)33-7-5-20-14-29-26(31-22(20)17-33)30-21-4-2-3-19(13-21)16-32-8-11-34-12-9-32/h2-4,13-15,27H,5-12,16-17H2,1H3,(H,29,30,31). The highest BCUT2D eigenvalue weighted by Gasteiger charge is 2.24. The van der Waals surface area contributed by atoms with Crippen LogP contribution >= 0.6 is 0 Å². The predicted octanol–water partition coefficient (Wildman–Crippen LogP) is 3.12. The molecule has 0 saturated carbocycles. The van der Waals surface area contributed by atoms with E-state index in [1.54, 1.807) is 0 Å². The maximum absolute atomic E-state index is 5.70. The first kappa shape index (κ1) is 22.1. The van der Waals surface area contributed by atoms with Gasteiger partial charge in [0.05, 0.1) is 37.3 Å². The number of rotatable bonds is 5. The predicted molar refractivity (Wildman–Crippen MR) is 136 cm³/mol. The lowest BCUT2D eigenvalue weighted by Crippen LogP contribution is -2.35. The molecule has 9 nitrogen and oxygen atoms in total. The molecule has 182 valence electrons. The normalized spacial score (nSPS) is 17.7. The molecule has 2 aromatic heterocycles. The number of ether oxygens (including phenoxy) is 2. The Bertz CT molecular complexity index is 1210. The summed E-state index contributed by atoms with van der Waals surface area (Å²) in [5.41, 5.74) is 7.83. The Hall–Kier alpha value is -3.43. The fourth-order valence-corrected chi connectivity index (χ4v) is 4.99. The number of benzene rings is 1. The zero-order chi connectivity index (χ0) is 23.6. The summed E-state index contributed by atoms with van der Waals surface area (Å²) in [5, 5.41) is 6.85. The van der Waals surface area contributed by atoms with Gasteiger partial charge in [0, 0.05) is 50.2 Å². The number of pyridine rings is 1. The minimum Gasteiger partial charge on any atom is -0.474 e. The molecular formula is C26H31N7O2. The second-order valence-corrected chi connectivity index (χ2v) is 9.27. The van der Waals surface area contributed by atoms with Gasteiger partial charge in [0.15, 0.2) is 0 Å². The van der Waals surface area contributed by atoms with Crippen LogP contribution in [0.3, 0.4) is 0 Å². The van der Waals surface area contributed by atoms with Gasteiger partial charge in [-0.1, -0.05) is 12.1 Å². The minimum atomic E-state index is 0.629. The van der Waals surface area contributed by atoms with Gasteiger partial charge in [-0.05, 0) is 36.6 Å². The molecule has 0 spiro atoms. The summed E-state index contributed by atoms with van der Waals surface area (Å²) in [4.78, 5) is 18.8. The number of fused-ring (bicyclic) bond motifs is 2. The topological polar surface area (TPSA) is 87.7 Å². The second kappa shape index (κ2) is 9.67. The lowest BCUT2D eigenvalue weighted by Gasteiger charge is -2.32. The summed E-state index contributed by atoms with van der Waals surface area (Å²) < 4.78 is 11.2.